The summed E-state index contributed by atoms with van der Waals surface area (Å²) >= 11 is 3.52. The Morgan fingerprint density at radius 2 is 2.12 bits per heavy atom. The van der Waals surface area contributed by atoms with E-state index in [1.807, 2.05) is 0 Å². The molecule has 8 heteroatoms. The van der Waals surface area contributed by atoms with Crippen LogP contribution >= 0.6 is 15.9 Å². The van der Waals surface area contributed by atoms with Gasteiger partial charge in [-0.25, -0.2) is 4.98 Å². The predicted octanol–water partition coefficient (Wildman–Crippen LogP) is 3.82. The van der Waals surface area contributed by atoms with Gasteiger partial charge in [0.2, 0.25) is 5.91 Å². The second kappa shape index (κ2) is 7.62. The van der Waals surface area contributed by atoms with Gasteiger partial charge in [0.1, 0.15) is 12.5 Å². The zero-order valence-corrected chi connectivity index (χ0v) is 17.9. The molecular formula is C18H24BrN3O3Si. The van der Waals surface area contributed by atoms with E-state index in [0.717, 1.165) is 28.7 Å². The third-order valence-electron chi connectivity index (χ3n) is 4.35. The molecule has 0 spiro atoms. The van der Waals surface area contributed by atoms with Gasteiger partial charge >= 0.3 is 0 Å². The second-order valence-corrected chi connectivity index (χ2v) is 14.5. The number of anilines is 1. The summed E-state index contributed by atoms with van der Waals surface area (Å²) < 4.78 is 8.00. The van der Waals surface area contributed by atoms with Crippen molar-refractivity contribution in [3.05, 3.63) is 33.3 Å². The summed E-state index contributed by atoms with van der Waals surface area (Å²) in [5, 5.41) is 4.04. The van der Waals surface area contributed by atoms with Crippen molar-refractivity contribution in [1.82, 2.24) is 9.55 Å². The van der Waals surface area contributed by atoms with Crippen LogP contribution in [0.1, 0.15) is 12.8 Å². The Morgan fingerprint density at radius 1 is 1.38 bits per heavy atom. The molecule has 0 atom stereocenters. The lowest BCUT2D eigenvalue weighted by Gasteiger charge is -2.16. The zero-order chi connectivity index (χ0) is 18.9. The van der Waals surface area contributed by atoms with Gasteiger partial charge in [0.25, 0.3) is 5.56 Å². The summed E-state index contributed by atoms with van der Waals surface area (Å²) in [4.78, 5) is 28.8. The number of nitrogens with one attached hydrogen (secondary N) is 1. The lowest BCUT2D eigenvalue weighted by Crippen LogP contribution is -2.25. The molecule has 140 valence electrons. The van der Waals surface area contributed by atoms with Crippen molar-refractivity contribution in [2.45, 2.75) is 45.3 Å². The summed E-state index contributed by atoms with van der Waals surface area (Å²) in [7, 11) is -1.15. The summed E-state index contributed by atoms with van der Waals surface area (Å²) in [6, 6.07) is 2.79. The second-order valence-electron chi connectivity index (χ2n) is 7.98. The van der Waals surface area contributed by atoms with Gasteiger partial charge < -0.3 is 10.1 Å². The molecule has 2 aromatic heterocycles. The first-order chi connectivity index (χ1) is 12.2. The van der Waals surface area contributed by atoms with Crippen molar-refractivity contribution in [3.8, 4) is 0 Å². The Balaban J connectivity index is 1.76. The summed E-state index contributed by atoms with van der Waals surface area (Å²) in [6.07, 6.45) is 5.12. The highest BCUT2D eigenvalue weighted by Gasteiger charge is 2.29. The lowest BCUT2D eigenvalue weighted by atomic mass is 10.2. The van der Waals surface area contributed by atoms with Crippen LogP contribution in [-0.4, -0.2) is 30.1 Å². The molecule has 6 nitrogen and oxygen atoms in total. The Bertz CT molecular complexity index is 888. The molecular weight excluding hydrogens is 414 g/mol. The molecule has 2 heterocycles. The number of carbonyl (C=O) groups is 1. The van der Waals surface area contributed by atoms with E-state index in [0.29, 0.717) is 17.8 Å². The molecule has 1 saturated carbocycles. The molecule has 0 aromatic carbocycles. The van der Waals surface area contributed by atoms with Gasteiger partial charge in [0, 0.05) is 42.9 Å². The Labute approximate surface area is 162 Å². The molecule has 1 N–H and O–H groups in total. The number of ether oxygens (including phenoxy) is 1. The number of hydrogen-bond acceptors (Lipinski definition) is 4. The van der Waals surface area contributed by atoms with Crippen molar-refractivity contribution in [2.24, 2.45) is 5.92 Å². The number of nitrogens with zero attached hydrogens (tertiary/aromatic N) is 2. The number of fused-ring (bicyclic) bond motifs is 1. The smallest absolute Gasteiger partial charge is 0.261 e. The molecule has 0 aliphatic heterocycles. The molecule has 2 aromatic rings. The number of pyridine rings is 2. The fourth-order valence-corrected chi connectivity index (χ4v) is 3.85. The molecule has 1 aliphatic rings. The highest BCUT2D eigenvalue weighted by atomic mass is 79.9. The molecule has 1 amide bonds. The summed E-state index contributed by atoms with van der Waals surface area (Å²) in [5.41, 5.74) is -0.149. The van der Waals surface area contributed by atoms with Crippen molar-refractivity contribution in [2.75, 3.05) is 11.9 Å². The molecule has 1 aliphatic carbocycles. The van der Waals surface area contributed by atoms with Crippen LogP contribution in [0.15, 0.2) is 27.7 Å². The fourth-order valence-electron chi connectivity index (χ4n) is 2.52. The third kappa shape index (κ3) is 4.80. The van der Waals surface area contributed by atoms with Crippen LogP contribution in [0.3, 0.4) is 0 Å². The van der Waals surface area contributed by atoms with Crippen molar-refractivity contribution >= 4 is 46.5 Å². The number of amides is 1. The molecule has 26 heavy (non-hydrogen) atoms. The van der Waals surface area contributed by atoms with E-state index in [2.05, 4.69) is 45.9 Å². The minimum atomic E-state index is -1.15. The highest BCUT2D eigenvalue weighted by molar-refractivity contribution is 9.10. The summed E-state index contributed by atoms with van der Waals surface area (Å²) in [5.74, 6) is 0.577. The van der Waals surface area contributed by atoms with Gasteiger partial charge in [-0.3, -0.25) is 14.2 Å². The monoisotopic (exact) mass is 437 g/mol. The van der Waals surface area contributed by atoms with Crippen LogP contribution in [0.2, 0.25) is 25.7 Å². The van der Waals surface area contributed by atoms with Crippen molar-refractivity contribution < 1.29 is 9.53 Å². The van der Waals surface area contributed by atoms with Crippen LogP contribution in [-0.2, 0) is 16.3 Å². The average molecular weight is 438 g/mol. The number of hydrogen-bond donors (Lipinski definition) is 1. The number of aromatic nitrogens is 2. The first-order valence-electron chi connectivity index (χ1n) is 8.82. The maximum absolute atomic E-state index is 12.7. The minimum Gasteiger partial charge on any atom is -0.361 e. The largest absolute Gasteiger partial charge is 0.361 e. The maximum Gasteiger partial charge on any atom is 0.261 e. The van der Waals surface area contributed by atoms with E-state index < -0.39 is 8.07 Å². The van der Waals surface area contributed by atoms with E-state index in [-0.39, 0.29) is 24.1 Å². The zero-order valence-electron chi connectivity index (χ0n) is 15.3. The molecule has 0 unspecified atom stereocenters. The van der Waals surface area contributed by atoms with Gasteiger partial charge in [-0.2, -0.15) is 0 Å². The lowest BCUT2D eigenvalue weighted by molar-refractivity contribution is -0.117. The number of rotatable bonds is 7. The first-order valence-corrected chi connectivity index (χ1v) is 13.3. The summed E-state index contributed by atoms with van der Waals surface area (Å²) in [6.45, 7) is 7.75. The number of halogens is 1. The van der Waals surface area contributed by atoms with Crippen LogP contribution in [0.5, 0.6) is 0 Å². The predicted molar refractivity (Wildman–Crippen MR) is 109 cm³/mol. The quantitative estimate of drug-likeness (QED) is 0.527. The third-order valence-corrected chi connectivity index (χ3v) is 6.68. The molecule has 0 bridgehead atoms. The van der Waals surface area contributed by atoms with Crippen LogP contribution in [0, 0.1) is 5.92 Å². The van der Waals surface area contributed by atoms with Crippen LogP contribution < -0.4 is 10.9 Å². The standard InChI is InChI=1S/C18H24BrN3O3Si/c1-26(2,3)7-6-25-11-22-10-15(19)13-8-16(20-9-14(13)18(22)24)21-17(23)12-4-5-12/h8-10,12H,4-7,11H2,1-3H3,(H,20,21,23). The van der Waals surface area contributed by atoms with Gasteiger partial charge in [-0.05, 0) is 40.9 Å². The normalized spacial score (nSPS) is 14.6. The SMILES string of the molecule is C[Si](C)(C)CCOCn1cc(Br)c2cc(NC(=O)C3CC3)ncc2c1=O. The van der Waals surface area contributed by atoms with Gasteiger partial charge in [0.15, 0.2) is 0 Å². The molecule has 0 radical (unpaired) electrons. The Morgan fingerprint density at radius 3 is 2.77 bits per heavy atom. The molecule has 0 saturated heterocycles. The van der Waals surface area contributed by atoms with E-state index in [1.54, 1.807) is 16.8 Å². The fraction of sp³-hybridized carbons (Fsp3) is 0.500. The van der Waals surface area contributed by atoms with E-state index >= 15 is 0 Å². The van der Waals surface area contributed by atoms with Crippen molar-refractivity contribution in [3.63, 3.8) is 0 Å². The minimum absolute atomic E-state index is 0.00267. The number of carbonyl (C=O) groups excluding carboxylic acids is 1. The Hall–Kier alpha value is -1.51. The first kappa shape index (κ1) is 19.3. The van der Waals surface area contributed by atoms with Gasteiger partial charge in [-0.1, -0.05) is 19.6 Å². The van der Waals surface area contributed by atoms with Crippen LogP contribution in [0.25, 0.3) is 10.8 Å². The van der Waals surface area contributed by atoms with E-state index in [9.17, 15) is 9.59 Å². The van der Waals surface area contributed by atoms with E-state index in [1.165, 1.54) is 6.20 Å². The topological polar surface area (TPSA) is 73.2 Å². The molecule has 1 fully saturated rings. The van der Waals surface area contributed by atoms with Gasteiger partial charge in [0.05, 0.1) is 5.39 Å². The Kier molecular flexibility index (Phi) is 5.64. The molecule has 3 rings (SSSR count). The van der Waals surface area contributed by atoms with E-state index in [4.69, 9.17) is 4.74 Å². The maximum atomic E-state index is 12.7. The highest BCUT2D eigenvalue weighted by Crippen LogP contribution is 2.30. The average Bonchev–Trinajstić information content (AvgIpc) is 3.40. The van der Waals surface area contributed by atoms with Gasteiger partial charge in [-0.15, -0.1) is 0 Å². The van der Waals surface area contributed by atoms with Crippen LogP contribution in [0.4, 0.5) is 5.82 Å². The van der Waals surface area contributed by atoms with Crippen molar-refractivity contribution in [1.29, 1.82) is 0 Å².